The molecule has 0 fully saturated rings. The van der Waals surface area contributed by atoms with Gasteiger partial charge in [0.25, 0.3) is 0 Å². The van der Waals surface area contributed by atoms with Gasteiger partial charge in [0.2, 0.25) is 0 Å². The number of alkyl halides is 1. The first kappa shape index (κ1) is 9.26. The van der Waals surface area contributed by atoms with Gasteiger partial charge >= 0.3 is 0 Å². The number of aromatic nitrogens is 1. The van der Waals surface area contributed by atoms with E-state index < -0.39 is 0 Å². The summed E-state index contributed by atoms with van der Waals surface area (Å²) in [5.74, 6) is 1.26. The van der Waals surface area contributed by atoms with Crippen molar-refractivity contribution in [1.82, 2.24) is 5.16 Å². The third-order valence-corrected chi connectivity index (χ3v) is 2.75. The molecule has 4 heteroatoms. The molecule has 0 saturated heterocycles. The fourth-order valence-electron chi connectivity index (χ4n) is 0.769. The van der Waals surface area contributed by atoms with Crippen LogP contribution in [0.5, 0.6) is 0 Å². The van der Waals surface area contributed by atoms with Crippen molar-refractivity contribution in [2.75, 3.05) is 0 Å². The second-order valence-electron chi connectivity index (χ2n) is 2.59. The summed E-state index contributed by atoms with van der Waals surface area (Å²) in [5.41, 5.74) is 0.986. The Bertz CT molecular complexity index is 245. The topological polar surface area (TPSA) is 26.0 Å². The van der Waals surface area contributed by atoms with Crippen molar-refractivity contribution in [2.45, 2.75) is 25.1 Å². The summed E-state index contributed by atoms with van der Waals surface area (Å²) in [5, 5.41) is 4.64. The Hall–Kier alpha value is 0.170. The zero-order chi connectivity index (χ0) is 8.43. The molecule has 2 nitrogen and oxygen atoms in total. The van der Waals surface area contributed by atoms with Gasteiger partial charge in [0.05, 0.1) is 9.80 Å². The Morgan fingerprint density at radius 2 is 2.18 bits per heavy atom. The van der Waals surface area contributed by atoms with E-state index in [2.05, 4.69) is 50.9 Å². The highest BCUT2D eigenvalue weighted by atomic mass is 79.9. The van der Waals surface area contributed by atoms with Crippen molar-refractivity contribution in [3.8, 4) is 0 Å². The number of nitrogens with zero attached hydrogens (tertiary/aromatic N) is 1. The number of hydrogen-bond donors (Lipinski definition) is 0. The maximum Gasteiger partial charge on any atom is 0.161 e. The van der Waals surface area contributed by atoms with Crippen LogP contribution in [0, 0.1) is 0 Å². The van der Waals surface area contributed by atoms with Crippen molar-refractivity contribution in [1.29, 1.82) is 0 Å². The molecule has 1 rings (SSSR count). The van der Waals surface area contributed by atoms with Crippen LogP contribution >= 0.6 is 31.9 Å². The predicted molar refractivity (Wildman–Crippen MR) is 50.9 cm³/mol. The van der Waals surface area contributed by atoms with Crippen LogP contribution in [0.2, 0.25) is 0 Å². The maximum atomic E-state index is 5.06. The van der Waals surface area contributed by atoms with E-state index >= 15 is 0 Å². The predicted octanol–water partition coefficient (Wildman–Crippen LogP) is 3.46. The zero-order valence-corrected chi connectivity index (χ0v) is 9.57. The van der Waals surface area contributed by atoms with Crippen LogP contribution in [-0.2, 0) is 5.33 Å². The molecule has 0 radical (unpaired) electrons. The van der Waals surface area contributed by atoms with E-state index in [0.29, 0.717) is 11.2 Å². The van der Waals surface area contributed by atoms with Crippen LogP contribution in [0.15, 0.2) is 9.00 Å². The first-order valence-corrected chi connectivity index (χ1v) is 5.28. The minimum atomic E-state index is 0.404. The number of halogens is 2. The molecule has 1 aromatic heterocycles. The first-order valence-electron chi connectivity index (χ1n) is 3.36. The summed E-state index contributed by atoms with van der Waals surface area (Å²) in [6.07, 6.45) is 0. The highest BCUT2D eigenvalue weighted by Gasteiger charge is 2.14. The van der Waals surface area contributed by atoms with Gasteiger partial charge in [-0.15, -0.1) is 0 Å². The molecule has 0 aliphatic rings. The minimum absolute atomic E-state index is 0.404. The van der Waals surface area contributed by atoms with Crippen molar-refractivity contribution < 1.29 is 4.52 Å². The van der Waals surface area contributed by atoms with Crippen LogP contribution in [0.25, 0.3) is 0 Å². The van der Waals surface area contributed by atoms with Gasteiger partial charge < -0.3 is 4.52 Å². The zero-order valence-electron chi connectivity index (χ0n) is 6.40. The van der Waals surface area contributed by atoms with Crippen LogP contribution in [0.4, 0.5) is 0 Å². The van der Waals surface area contributed by atoms with Gasteiger partial charge in [0.1, 0.15) is 5.69 Å². The quantitative estimate of drug-likeness (QED) is 0.777. The van der Waals surface area contributed by atoms with Gasteiger partial charge in [0, 0.05) is 5.92 Å². The number of hydrogen-bond acceptors (Lipinski definition) is 2. The molecule has 0 amide bonds. The van der Waals surface area contributed by atoms with Crippen molar-refractivity contribution in [2.24, 2.45) is 0 Å². The summed E-state index contributed by atoms with van der Waals surface area (Å²) < 4.78 is 6.05. The molecule has 0 spiro atoms. The van der Waals surface area contributed by atoms with E-state index in [1.165, 1.54) is 0 Å². The molecule has 0 aliphatic heterocycles. The van der Waals surface area contributed by atoms with Gasteiger partial charge in [0.15, 0.2) is 5.76 Å². The molecule has 0 unspecified atom stereocenters. The van der Waals surface area contributed by atoms with Crippen LogP contribution in [0.3, 0.4) is 0 Å². The van der Waals surface area contributed by atoms with Crippen molar-refractivity contribution in [3.05, 3.63) is 15.9 Å². The molecule has 1 heterocycles. The standard InChI is InChI=1S/C7H9Br2NO/c1-4(2)7-6(9)5(3-8)11-10-7/h4H,3H2,1-2H3. The lowest BCUT2D eigenvalue weighted by molar-refractivity contribution is 0.386. The molecule has 1 aromatic rings. The van der Waals surface area contributed by atoms with Crippen LogP contribution in [0.1, 0.15) is 31.2 Å². The van der Waals surface area contributed by atoms with Crippen LogP contribution in [-0.4, -0.2) is 5.16 Å². The maximum absolute atomic E-state index is 5.06. The molecule has 0 bridgehead atoms. The minimum Gasteiger partial charge on any atom is -0.359 e. The molecule has 0 aliphatic carbocycles. The lowest BCUT2D eigenvalue weighted by Crippen LogP contribution is -1.87. The Morgan fingerprint density at radius 3 is 2.45 bits per heavy atom. The fourth-order valence-corrected chi connectivity index (χ4v) is 2.27. The second-order valence-corrected chi connectivity index (χ2v) is 3.95. The van der Waals surface area contributed by atoms with Gasteiger partial charge in [-0.3, -0.25) is 0 Å². The molecule has 11 heavy (non-hydrogen) atoms. The largest absolute Gasteiger partial charge is 0.359 e. The second kappa shape index (κ2) is 3.72. The van der Waals surface area contributed by atoms with Gasteiger partial charge in [-0.05, 0) is 15.9 Å². The van der Waals surface area contributed by atoms with Crippen molar-refractivity contribution >= 4 is 31.9 Å². The van der Waals surface area contributed by atoms with Gasteiger partial charge in [-0.2, -0.15) is 0 Å². The summed E-state index contributed by atoms with van der Waals surface area (Å²) in [4.78, 5) is 0. The summed E-state index contributed by atoms with van der Waals surface area (Å²) in [6.45, 7) is 4.17. The fraction of sp³-hybridized carbons (Fsp3) is 0.571. The van der Waals surface area contributed by atoms with Gasteiger partial charge in [-0.25, -0.2) is 0 Å². The summed E-state index contributed by atoms with van der Waals surface area (Å²) in [7, 11) is 0. The monoisotopic (exact) mass is 281 g/mol. The van der Waals surface area contributed by atoms with E-state index in [9.17, 15) is 0 Å². The third kappa shape index (κ3) is 1.85. The normalized spacial score (nSPS) is 11.0. The average molecular weight is 283 g/mol. The average Bonchev–Trinajstić information content (AvgIpc) is 2.30. The molecule has 0 N–H and O–H groups in total. The number of rotatable bonds is 2. The van der Waals surface area contributed by atoms with Crippen LogP contribution < -0.4 is 0 Å². The Balaban J connectivity index is 3.00. The van der Waals surface area contributed by atoms with Crippen molar-refractivity contribution in [3.63, 3.8) is 0 Å². The van der Waals surface area contributed by atoms with E-state index in [4.69, 9.17) is 4.52 Å². The molecule has 0 aromatic carbocycles. The first-order chi connectivity index (χ1) is 5.16. The highest BCUT2D eigenvalue weighted by Crippen LogP contribution is 2.28. The van der Waals surface area contributed by atoms with E-state index in [-0.39, 0.29) is 0 Å². The molecular weight excluding hydrogens is 274 g/mol. The Labute approximate surface area is 82.6 Å². The molecular formula is C7H9Br2NO. The van der Waals surface area contributed by atoms with E-state index in [1.807, 2.05) is 0 Å². The smallest absolute Gasteiger partial charge is 0.161 e. The Kier molecular flexibility index (Phi) is 3.13. The molecule has 62 valence electrons. The summed E-state index contributed by atoms with van der Waals surface area (Å²) >= 11 is 6.73. The van der Waals surface area contributed by atoms with E-state index in [0.717, 1.165) is 15.9 Å². The lowest BCUT2D eigenvalue weighted by atomic mass is 10.1. The molecule has 0 atom stereocenters. The highest BCUT2D eigenvalue weighted by molar-refractivity contribution is 9.10. The summed E-state index contributed by atoms with van der Waals surface area (Å²) in [6, 6.07) is 0. The SMILES string of the molecule is CC(C)c1noc(CBr)c1Br. The third-order valence-electron chi connectivity index (χ3n) is 1.39. The Morgan fingerprint density at radius 1 is 1.55 bits per heavy atom. The van der Waals surface area contributed by atoms with E-state index in [1.54, 1.807) is 0 Å². The van der Waals surface area contributed by atoms with Gasteiger partial charge in [-0.1, -0.05) is 34.9 Å². The lowest BCUT2D eigenvalue weighted by Gasteiger charge is -1.96. The molecule has 0 saturated carbocycles.